The van der Waals surface area contributed by atoms with Crippen LogP contribution in [0.15, 0.2) is 18.2 Å². The van der Waals surface area contributed by atoms with Crippen molar-refractivity contribution in [3.8, 4) is 5.75 Å². The van der Waals surface area contributed by atoms with Crippen molar-refractivity contribution in [3.05, 3.63) is 18.2 Å². The zero-order chi connectivity index (χ0) is 13.2. The summed E-state index contributed by atoms with van der Waals surface area (Å²) in [5.41, 5.74) is 8.17. The molecule has 0 amide bonds. The zero-order valence-corrected chi connectivity index (χ0v) is 11.6. The molecule has 2 heterocycles. The largest absolute Gasteiger partial charge is 0.497 e. The van der Waals surface area contributed by atoms with E-state index in [1.165, 1.54) is 32.4 Å². The number of rotatable bonds is 2. The summed E-state index contributed by atoms with van der Waals surface area (Å²) in [6.07, 6.45) is 3.89. The number of fused-ring (bicyclic) bond motifs is 1. The van der Waals surface area contributed by atoms with Gasteiger partial charge in [0.1, 0.15) is 5.75 Å². The fraction of sp³-hybridized carbons (Fsp3) is 0.600. The van der Waals surface area contributed by atoms with Crippen molar-refractivity contribution >= 4 is 11.4 Å². The SMILES string of the molecule is COc1ccc(N2CCCN3CCCC3C2)c(N)c1. The lowest BCUT2D eigenvalue weighted by Gasteiger charge is -2.28. The van der Waals surface area contributed by atoms with Crippen LogP contribution in [0.1, 0.15) is 19.3 Å². The molecule has 0 bridgehead atoms. The zero-order valence-electron chi connectivity index (χ0n) is 11.6. The lowest BCUT2D eigenvalue weighted by Crippen LogP contribution is -2.36. The molecule has 0 spiro atoms. The molecular formula is C15H23N3O. The van der Waals surface area contributed by atoms with Gasteiger partial charge in [-0.3, -0.25) is 4.90 Å². The van der Waals surface area contributed by atoms with E-state index >= 15 is 0 Å². The third-order valence-corrected chi connectivity index (χ3v) is 4.38. The molecular weight excluding hydrogens is 238 g/mol. The highest BCUT2D eigenvalue weighted by Gasteiger charge is 2.29. The van der Waals surface area contributed by atoms with Crippen molar-refractivity contribution in [2.75, 3.05) is 43.9 Å². The summed E-state index contributed by atoms with van der Waals surface area (Å²) in [5, 5.41) is 0. The number of nitrogens with zero attached hydrogens (tertiary/aromatic N) is 2. The van der Waals surface area contributed by atoms with E-state index in [2.05, 4.69) is 15.9 Å². The van der Waals surface area contributed by atoms with Crippen LogP contribution in [-0.2, 0) is 0 Å². The number of methoxy groups -OCH3 is 1. The summed E-state index contributed by atoms with van der Waals surface area (Å²) in [7, 11) is 1.68. The second-order valence-electron chi connectivity index (χ2n) is 5.56. The first kappa shape index (κ1) is 12.6. The van der Waals surface area contributed by atoms with E-state index in [0.29, 0.717) is 6.04 Å². The molecule has 2 aliphatic rings. The molecule has 4 heteroatoms. The van der Waals surface area contributed by atoms with Crippen LogP contribution in [0.5, 0.6) is 5.75 Å². The van der Waals surface area contributed by atoms with Gasteiger partial charge < -0.3 is 15.4 Å². The van der Waals surface area contributed by atoms with Crippen LogP contribution in [0, 0.1) is 0 Å². The Bertz CT molecular complexity index is 449. The molecule has 1 aromatic carbocycles. The van der Waals surface area contributed by atoms with E-state index in [4.69, 9.17) is 10.5 Å². The van der Waals surface area contributed by atoms with Gasteiger partial charge >= 0.3 is 0 Å². The van der Waals surface area contributed by atoms with E-state index in [-0.39, 0.29) is 0 Å². The van der Waals surface area contributed by atoms with Gasteiger partial charge in [0.15, 0.2) is 0 Å². The maximum atomic E-state index is 6.18. The predicted octanol–water partition coefficient (Wildman–Crippen LogP) is 1.95. The lowest BCUT2D eigenvalue weighted by atomic mass is 10.2. The highest BCUT2D eigenvalue weighted by atomic mass is 16.5. The highest BCUT2D eigenvalue weighted by molar-refractivity contribution is 5.69. The first-order valence-corrected chi connectivity index (χ1v) is 7.20. The number of hydrogen-bond donors (Lipinski definition) is 1. The van der Waals surface area contributed by atoms with Crippen molar-refractivity contribution in [2.24, 2.45) is 0 Å². The van der Waals surface area contributed by atoms with E-state index in [9.17, 15) is 0 Å². The van der Waals surface area contributed by atoms with Gasteiger partial charge in [-0.15, -0.1) is 0 Å². The van der Waals surface area contributed by atoms with Crippen molar-refractivity contribution in [1.82, 2.24) is 4.90 Å². The standard InChI is InChI=1S/C15H23N3O/c1-19-13-5-6-15(14(16)10-13)18-9-3-8-17-7-2-4-12(17)11-18/h5-6,10,12H,2-4,7-9,11,16H2,1H3. The van der Waals surface area contributed by atoms with Gasteiger partial charge in [-0.2, -0.15) is 0 Å². The molecule has 2 aliphatic heterocycles. The van der Waals surface area contributed by atoms with E-state index in [0.717, 1.165) is 30.2 Å². The number of benzene rings is 1. The van der Waals surface area contributed by atoms with Crippen LogP contribution >= 0.6 is 0 Å². The Morgan fingerprint density at radius 2 is 2.05 bits per heavy atom. The smallest absolute Gasteiger partial charge is 0.121 e. The van der Waals surface area contributed by atoms with Gasteiger partial charge in [-0.1, -0.05) is 0 Å². The van der Waals surface area contributed by atoms with E-state index in [1.54, 1.807) is 7.11 Å². The molecule has 2 saturated heterocycles. The number of nitrogen functional groups attached to an aromatic ring is 1. The summed E-state index contributed by atoms with van der Waals surface area (Å²) in [6, 6.07) is 6.73. The van der Waals surface area contributed by atoms with Crippen LogP contribution in [0.3, 0.4) is 0 Å². The third kappa shape index (κ3) is 2.50. The van der Waals surface area contributed by atoms with Gasteiger partial charge in [-0.05, 0) is 37.9 Å². The molecule has 1 atom stereocenters. The number of hydrogen-bond acceptors (Lipinski definition) is 4. The molecule has 0 saturated carbocycles. The average molecular weight is 261 g/mol. The fourth-order valence-electron chi connectivity index (χ4n) is 3.37. The number of anilines is 2. The van der Waals surface area contributed by atoms with Crippen LogP contribution in [0.25, 0.3) is 0 Å². The molecule has 1 aromatic rings. The number of nitrogens with two attached hydrogens (primary N) is 1. The van der Waals surface area contributed by atoms with Crippen LogP contribution in [0.4, 0.5) is 11.4 Å². The minimum Gasteiger partial charge on any atom is -0.497 e. The summed E-state index contributed by atoms with van der Waals surface area (Å²) < 4.78 is 5.22. The minimum absolute atomic E-state index is 0.712. The average Bonchev–Trinajstić information content (AvgIpc) is 2.76. The second kappa shape index (κ2) is 5.29. The topological polar surface area (TPSA) is 41.7 Å². The highest BCUT2D eigenvalue weighted by Crippen LogP contribution is 2.31. The third-order valence-electron chi connectivity index (χ3n) is 4.38. The lowest BCUT2D eigenvalue weighted by molar-refractivity contribution is 0.273. The molecule has 19 heavy (non-hydrogen) atoms. The monoisotopic (exact) mass is 261 g/mol. The predicted molar refractivity (Wildman–Crippen MR) is 78.8 cm³/mol. The molecule has 1 unspecified atom stereocenters. The first-order valence-electron chi connectivity index (χ1n) is 7.20. The van der Waals surface area contributed by atoms with Gasteiger partial charge in [0.25, 0.3) is 0 Å². The molecule has 2 N–H and O–H groups in total. The Labute approximate surface area is 115 Å². The number of ether oxygens (including phenoxy) is 1. The maximum Gasteiger partial charge on any atom is 0.121 e. The summed E-state index contributed by atoms with van der Waals surface area (Å²) in [4.78, 5) is 5.09. The minimum atomic E-state index is 0.712. The molecule has 0 aliphatic carbocycles. The van der Waals surface area contributed by atoms with E-state index < -0.39 is 0 Å². The Morgan fingerprint density at radius 3 is 2.84 bits per heavy atom. The van der Waals surface area contributed by atoms with Gasteiger partial charge in [0.05, 0.1) is 18.5 Å². The Morgan fingerprint density at radius 1 is 1.21 bits per heavy atom. The van der Waals surface area contributed by atoms with Crippen molar-refractivity contribution < 1.29 is 4.74 Å². The quantitative estimate of drug-likeness (QED) is 0.826. The van der Waals surface area contributed by atoms with Crippen LogP contribution < -0.4 is 15.4 Å². The van der Waals surface area contributed by atoms with Crippen molar-refractivity contribution in [1.29, 1.82) is 0 Å². The van der Waals surface area contributed by atoms with Crippen LogP contribution in [-0.4, -0.2) is 44.2 Å². The van der Waals surface area contributed by atoms with Crippen molar-refractivity contribution in [3.63, 3.8) is 0 Å². The normalized spacial score (nSPS) is 24.1. The summed E-state index contributed by atoms with van der Waals surface area (Å²) in [6.45, 7) is 4.72. The first-order chi connectivity index (χ1) is 9.28. The van der Waals surface area contributed by atoms with Crippen LogP contribution in [0.2, 0.25) is 0 Å². The van der Waals surface area contributed by atoms with Gasteiger partial charge in [0.2, 0.25) is 0 Å². The van der Waals surface area contributed by atoms with Gasteiger partial charge in [0, 0.05) is 31.7 Å². The molecule has 0 radical (unpaired) electrons. The second-order valence-corrected chi connectivity index (χ2v) is 5.56. The van der Waals surface area contributed by atoms with Crippen molar-refractivity contribution in [2.45, 2.75) is 25.3 Å². The molecule has 104 valence electrons. The summed E-state index contributed by atoms with van der Waals surface area (Å²) >= 11 is 0. The molecule has 0 aromatic heterocycles. The Kier molecular flexibility index (Phi) is 3.51. The molecule has 3 rings (SSSR count). The van der Waals surface area contributed by atoms with E-state index in [1.807, 2.05) is 12.1 Å². The molecule has 4 nitrogen and oxygen atoms in total. The fourth-order valence-corrected chi connectivity index (χ4v) is 3.37. The maximum absolute atomic E-state index is 6.18. The molecule has 2 fully saturated rings. The summed E-state index contributed by atoms with van der Waals surface area (Å²) in [5.74, 6) is 0.832. The van der Waals surface area contributed by atoms with Gasteiger partial charge in [-0.25, -0.2) is 0 Å². The Balaban J connectivity index is 1.80. The Hall–Kier alpha value is -1.42.